The number of fused-ring (bicyclic) bond motifs is 4. The van der Waals surface area contributed by atoms with Crippen LogP contribution in [0.3, 0.4) is 0 Å². The fraction of sp³-hybridized carbons (Fsp3) is 0.640. The van der Waals surface area contributed by atoms with Crippen LogP contribution in [-0.4, -0.2) is 39.7 Å². The number of hydrogen-bond donors (Lipinski definition) is 0. The zero-order chi connectivity index (χ0) is 20.1. The standard InChI is InChI=1S/C25H32O3Se/c1-17(2)19-11-13-24(29-18-8-4-3-5-9-18)22(26)16-21-20(23(19)24)10-6-7-12-25(21)27-14-15-28-25/h3-6,8-10,17,19-21,23H,7,11-16H2,1-2H3/t19-,20+,21+,23+,24+/m0/s1. The van der Waals surface area contributed by atoms with Gasteiger partial charge in [-0.25, -0.2) is 0 Å². The third-order valence-corrected chi connectivity index (χ3v) is 11.2. The normalized spacial score (nSPS) is 38.2. The van der Waals surface area contributed by atoms with Crippen molar-refractivity contribution >= 4 is 25.2 Å². The summed E-state index contributed by atoms with van der Waals surface area (Å²) in [4.78, 5) is 14.0. The minimum atomic E-state index is -0.542. The SMILES string of the molecule is CC(C)[C@@H]1CC[C@@]2([Se]c3ccccc3)C(=O)C[C@@H]3[C@@H](C=CCCC34OCCO4)[C@@H]12. The van der Waals surface area contributed by atoms with Crippen molar-refractivity contribution < 1.29 is 14.3 Å². The summed E-state index contributed by atoms with van der Waals surface area (Å²) in [5.74, 6) is 2.10. The summed E-state index contributed by atoms with van der Waals surface area (Å²) in [5, 5.41) is 0. The van der Waals surface area contributed by atoms with Gasteiger partial charge in [0.25, 0.3) is 0 Å². The van der Waals surface area contributed by atoms with Crippen LogP contribution in [0.25, 0.3) is 0 Å². The van der Waals surface area contributed by atoms with Gasteiger partial charge in [-0.15, -0.1) is 0 Å². The van der Waals surface area contributed by atoms with Gasteiger partial charge in [0.1, 0.15) is 0 Å². The first-order chi connectivity index (χ1) is 14.1. The van der Waals surface area contributed by atoms with Gasteiger partial charge in [-0.2, -0.15) is 0 Å². The fourth-order valence-electron chi connectivity index (χ4n) is 6.63. The van der Waals surface area contributed by atoms with Crippen LogP contribution in [-0.2, 0) is 14.3 Å². The predicted molar refractivity (Wildman–Crippen MR) is 115 cm³/mol. The summed E-state index contributed by atoms with van der Waals surface area (Å²) in [5.41, 5.74) is 0. The maximum absolute atomic E-state index is 14.0. The second-order valence-corrected chi connectivity index (χ2v) is 12.5. The molecule has 29 heavy (non-hydrogen) atoms. The Balaban J connectivity index is 1.59. The Kier molecular flexibility index (Phi) is 5.27. The third-order valence-electron chi connectivity index (χ3n) is 7.86. The molecule has 1 aromatic carbocycles. The van der Waals surface area contributed by atoms with Gasteiger partial charge in [0, 0.05) is 0 Å². The van der Waals surface area contributed by atoms with E-state index in [0.29, 0.717) is 49.1 Å². The molecule has 5 rings (SSSR count). The number of benzene rings is 1. The molecule has 0 N–H and O–H groups in total. The van der Waals surface area contributed by atoms with Crippen LogP contribution in [0.2, 0.25) is 4.31 Å². The van der Waals surface area contributed by atoms with Crippen molar-refractivity contribution in [2.45, 2.75) is 56.1 Å². The molecule has 156 valence electrons. The number of ketones is 1. The van der Waals surface area contributed by atoms with Gasteiger partial charge in [0.05, 0.1) is 0 Å². The van der Waals surface area contributed by atoms with Crippen LogP contribution in [0.4, 0.5) is 0 Å². The van der Waals surface area contributed by atoms with Crippen molar-refractivity contribution in [3.8, 4) is 0 Å². The van der Waals surface area contributed by atoms with E-state index in [-0.39, 0.29) is 25.2 Å². The van der Waals surface area contributed by atoms with Crippen LogP contribution in [0.1, 0.15) is 46.0 Å². The Morgan fingerprint density at radius 3 is 2.59 bits per heavy atom. The first-order valence-corrected chi connectivity index (χ1v) is 13.0. The molecular formula is C25H32O3Se. The molecule has 0 bridgehead atoms. The average Bonchev–Trinajstić information content (AvgIpc) is 3.29. The molecule has 2 saturated carbocycles. The monoisotopic (exact) mass is 460 g/mol. The van der Waals surface area contributed by atoms with Crippen LogP contribution in [0.15, 0.2) is 42.5 Å². The second-order valence-electron chi connectivity index (χ2n) is 9.56. The Morgan fingerprint density at radius 2 is 1.86 bits per heavy atom. The van der Waals surface area contributed by atoms with Crippen molar-refractivity contribution in [3.63, 3.8) is 0 Å². The van der Waals surface area contributed by atoms with Crippen LogP contribution >= 0.6 is 0 Å². The van der Waals surface area contributed by atoms with Crippen molar-refractivity contribution in [1.29, 1.82) is 0 Å². The van der Waals surface area contributed by atoms with E-state index in [4.69, 9.17) is 9.47 Å². The molecule has 1 aromatic rings. The van der Waals surface area contributed by atoms with E-state index >= 15 is 0 Å². The van der Waals surface area contributed by atoms with Gasteiger partial charge in [0.15, 0.2) is 0 Å². The molecule has 1 saturated heterocycles. The van der Waals surface area contributed by atoms with Gasteiger partial charge in [-0.3, -0.25) is 0 Å². The molecule has 1 heterocycles. The van der Waals surface area contributed by atoms with E-state index in [1.54, 1.807) is 0 Å². The van der Waals surface area contributed by atoms with E-state index in [2.05, 4.69) is 56.3 Å². The molecule has 0 amide bonds. The Morgan fingerprint density at radius 1 is 1.10 bits per heavy atom. The Bertz CT molecular complexity index is 783. The number of carbonyl (C=O) groups excluding carboxylic acids is 1. The van der Waals surface area contributed by atoms with Crippen molar-refractivity contribution in [1.82, 2.24) is 0 Å². The van der Waals surface area contributed by atoms with Gasteiger partial charge < -0.3 is 0 Å². The molecular weight excluding hydrogens is 427 g/mol. The number of allylic oxidation sites excluding steroid dienone is 2. The molecule has 3 aliphatic carbocycles. The van der Waals surface area contributed by atoms with Gasteiger partial charge >= 0.3 is 181 Å². The third kappa shape index (κ3) is 3.19. The summed E-state index contributed by atoms with van der Waals surface area (Å²) in [7, 11) is 0. The van der Waals surface area contributed by atoms with Crippen LogP contribution < -0.4 is 4.46 Å². The molecule has 3 fully saturated rings. The number of Topliss-reactive ketones (excluding diaryl/α,β-unsaturated/α-hetero) is 1. The quantitative estimate of drug-likeness (QED) is 0.503. The molecule has 1 spiro atoms. The van der Waals surface area contributed by atoms with Crippen molar-refractivity contribution in [3.05, 3.63) is 42.5 Å². The molecule has 5 atom stereocenters. The molecule has 4 aliphatic rings. The van der Waals surface area contributed by atoms with E-state index in [1.165, 1.54) is 10.9 Å². The molecule has 1 aliphatic heterocycles. The minimum absolute atomic E-state index is 0.162. The van der Waals surface area contributed by atoms with Crippen molar-refractivity contribution in [2.24, 2.45) is 29.6 Å². The van der Waals surface area contributed by atoms with Gasteiger partial charge in [-0.05, 0) is 0 Å². The molecule has 3 nitrogen and oxygen atoms in total. The van der Waals surface area contributed by atoms with Crippen molar-refractivity contribution in [2.75, 3.05) is 13.2 Å². The maximum atomic E-state index is 14.0. The van der Waals surface area contributed by atoms with Gasteiger partial charge in [0.2, 0.25) is 0 Å². The molecule has 0 unspecified atom stereocenters. The van der Waals surface area contributed by atoms with Crippen LogP contribution in [0, 0.1) is 29.6 Å². The summed E-state index contributed by atoms with van der Waals surface area (Å²) in [6, 6.07) is 10.8. The first-order valence-electron chi connectivity index (χ1n) is 11.3. The molecule has 0 aromatic heterocycles. The Labute approximate surface area is 180 Å². The fourth-order valence-corrected chi connectivity index (χ4v) is 9.99. The topological polar surface area (TPSA) is 35.5 Å². The predicted octanol–water partition coefficient (Wildman–Crippen LogP) is 4.16. The molecule has 0 radical (unpaired) electrons. The van der Waals surface area contributed by atoms with E-state index in [0.717, 1.165) is 19.3 Å². The van der Waals surface area contributed by atoms with E-state index < -0.39 is 5.79 Å². The Hall–Kier alpha value is -0.931. The summed E-state index contributed by atoms with van der Waals surface area (Å²) >= 11 is 0.162. The van der Waals surface area contributed by atoms with E-state index in [1.807, 2.05) is 0 Å². The second kappa shape index (κ2) is 7.64. The number of rotatable bonds is 3. The van der Waals surface area contributed by atoms with Crippen LogP contribution in [0.5, 0.6) is 0 Å². The summed E-state index contributed by atoms with van der Waals surface area (Å²) < 4.78 is 13.7. The average molecular weight is 459 g/mol. The number of hydrogen-bond acceptors (Lipinski definition) is 3. The molecule has 4 heteroatoms. The van der Waals surface area contributed by atoms with E-state index in [9.17, 15) is 4.79 Å². The summed E-state index contributed by atoms with van der Waals surface area (Å²) in [6.45, 7) is 6.02. The number of carbonyl (C=O) groups is 1. The zero-order valence-corrected chi connectivity index (χ0v) is 19.2. The van der Waals surface area contributed by atoms with Gasteiger partial charge in [-0.1, -0.05) is 0 Å². The summed E-state index contributed by atoms with van der Waals surface area (Å²) in [6.07, 6.45) is 9.52. The number of ether oxygens (including phenoxy) is 2. The first kappa shape index (κ1) is 20.0. The zero-order valence-electron chi connectivity index (χ0n) is 17.5.